The molecule has 1 atom stereocenters. The minimum atomic E-state index is 0.0655. The summed E-state index contributed by atoms with van der Waals surface area (Å²) in [6.45, 7) is 0.682. The second-order valence-corrected chi connectivity index (χ2v) is 5.86. The fraction of sp³-hybridized carbons (Fsp3) is 0.278. The van der Waals surface area contributed by atoms with Crippen molar-refractivity contribution in [2.75, 3.05) is 18.6 Å². The van der Waals surface area contributed by atoms with Crippen molar-refractivity contribution in [1.82, 2.24) is 0 Å². The largest absolute Gasteiger partial charge is 0.377 e. The number of ether oxygens (including phenoxy) is 1. The van der Waals surface area contributed by atoms with E-state index in [1.807, 2.05) is 53.4 Å². The number of carbonyl (C=O) groups excluding carboxylic acids is 1. The number of halogens is 1. The third-order valence-corrected chi connectivity index (χ3v) is 4.30. The molecule has 0 bridgehead atoms. The number of rotatable bonds is 3. The third kappa shape index (κ3) is 3.01. The van der Waals surface area contributed by atoms with Crippen molar-refractivity contribution in [3.63, 3.8) is 0 Å². The molecule has 0 aliphatic carbocycles. The molecule has 0 spiro atoms. The summed E-state index contributed by atoms with van der Waals surface area (Å²) < 4.78 is 5.52. The van der Waals surface area contributed by atoms with Crippen molar-refractivity contribution in [2.45, 2.75) is 18.9 Å². The van der Waals surface area contributed by atoms with Crippen molar-refractivity contribution < 1.29 is 9.53 Å². The van der Waals surface area contributed by atoms with Crippen LogP contribution in [0, 0.1) is 0 Å². The van der Waals surface area contributed by atoms with Gasteiger partial charge in [0.1, 0.15) is 0 Å². The predicted molar refractivity (Wildman–Crippen MR) is 88.3 cm³/mol. The summed E-state index contributed by atoms with van der Waals surface area (Å²) in [4.78, 5) is 14.5. The molecule has 0 N–H and O–H groups in total. The van der Waals surface area contributed by atoms with Crippen LogP contribution in [0.4, 0.5) is 5.69 Å². The molecule has 0 saturated heterocycles. The number of amides is 1. The van der Waals surface area contributed by atoms with E-state index in [2.05, 4.69) is 0 Å². The first-order valence-corrected chi connectivity index (χ1v) is 7.73. The van der Waals surface area contributed by atoms with Crippen molar-refractivity contribution in [1.29, 1.82) is 0 Å². The molecule has 0 saturated carbocycles. The summed E-state index contributed by atoms with van der Waals surface area (Å²) in [7, 11) is 1.71. The Morgan fingerprint density at radius 1 is 1.23 bits per heavy atom. The molecule has 114 valence electrons. The molecule has 22 heavy (non-hydrogen) atoms. The normalized spacial score (nSPS) is 17.2. The Balaban J connectivity index is 1.82. The maximum Gasteiger partial charge on any atom is 0.231 e. The molecule has 1 unspecified atom stereocenters. The Morgan fingerprint density at radius 2 is 1.95 bits per heavy atom. The molecule has 0 radical (unpaired) electrons. The van der Waals surface area contributed by atoms with Gasteiger partial charge in [0.25, 0.3) is 0 Å². The maximum atomic E-state index is 12.7. The van der Waals surface area contributed by atoms with Crippen LogP contribution in [0.15, 0.2) is 48.5 Å². The molecular weight excluding hydrogens is 298 g/mol. The number of carbonyl (C=O) groups is 1. The van der Waals surface area contributed by atoms with Crippen LogP contribution in [0.5, 0.6) is 0 Å². The molecule has 0 fully saturated rings. The van der Waals surface area contributed by atoms with Gasteiger partial charge in [0.15, 0.2) is 0 Å². The van der Waals surface area contributed by atoms with Gasteiger partial charge in [0.05, 0.1) is 12.5 Å². The van der Waals surface area contributed by atoms with E-state index < -0.39 is 0 Å². The lowest BCUT2D eigenvalue weighted by atomic mass is 9.98. The van der Waals surface area contributed by atoms with E-state index in [1.54, 1.807) is 7.11 Å². The van der Waals surface area contributed by atoms with Crippen LogP contribution in [0.1, 0.15) is 23.7 Å². The highest BCUT2D eigenvalue weighted by atomic mass is 35.5. The zero-order valence-corrected chi connectivity index (χ0v) is 13.2. The van der Waals surface area contributed by atoms with Gasteiger partial charge in [-0.05, 0) is 30.2 Å². The van der Waals surface area contributed by atoms with Crippen LogP contribution in [-0.4, -0.2) is 19.6 Å². The lowest BCUT2D eigenvalue weighted by Crippen LogP contribution is -2.38. The summed E-state index contributed by atoms with van der Waals surface area (Å²) in [6, 6.07) is 15.4. The molecule has 1 aliphatic heterocycles. The van der Waals surface area contributed by atoms with Gasteiger partial charge in [-0.1, -0.05) is 41.9 Å². The van der Waals surface area contributed by atoms with E-state index in [1.165, 1.54) is 0 Å². The van der Waals surface area contributed by atoms with Gasteiger partial charge in [-0.2, -0.15) is 0 Å². The van der Waals surface area contributed by atoms with E-state index >= 15 is 0 Å². The van der Waals surface area contributed by atoms with Gasteiger partial charge in [0, 0.05) is 29.9 Å². The molecule has 1 amide bonds. The number of para-hydroxylation sites is 1. The number of methoxy groups -OCH3 is 1. The topological polar surface area (TPSA) is 29.5 Å². The molecule has 1 aliphatic rings. The Kier molecular flexibility index (Phi) is 4.46. The summed E-state index contributed by atoms with van der Waals surface area (Å²) in [5.74, 6) is 0.101. The van der Waals surface area contributed by atoms with Gasteiger partial charge in [-0.15, -0.1) is 0 Å². The predicted octanol–water partition coefficient (Wildman–Crippen LogP) is 4.01. The number of anilines is 1. The summed E-state index contributed by atoms with van der Waals surface area (Å²) in [5, 5.41) is 0.683. The second-order valence-electron chi connectivity index (χ2n) is 5.42. The number of nitrogens with zero attached hydrogens (tertiary/aromatic N) is 1. The lowest BCUT2D eigenvalue weighted by Gasteiger charge is -2.33. The molecular formula is C18H18ClNO2. The van der Waals surface area contributed by atoms with Crippen molar-refractivity contribution in [3.05, 3.63) is 64.7 Å². The minimum absolute atomic E-state index is 0.0655. The highest BCUT2D eigenvalue weighted by molar-refractivity contribution is 6.30. The molecule has 3 rings (SSSR count). The smallest absolute Gasteiger partial charge is 0.231 e. The van der Waals surface area contributed by atoms with Crippen LogP contribution >= 0.6 is 11.6 Å². The Morgan fingerprint density at radius 3 is 2.68 bits per heavy atom. The first kappa shape index (κ1) is 15.1. The first-order chi connectivity index (χ1) is 10.7. The summed E-state index contributed by atoms with van der Waals surface area (Å²) >= 11 is 5.89. The SMILES string of the molecule is COC1CCN(C(=O)Cc2ccc(Cl)cc2)c2ccccc21. The highest BCUT2D eigenvalue weighted by Crippen LogP contribution is 2.35. The van der Waals surface area contributed by atoms with Gasteiger partial charge in [-0.3, -0.25) is 4.79 Å². The Hall–Kier alpha value is -1.84. The molecule has 1 heterocycles. The quantitative estimate of drug-likeness (QED) is 0.856. The van der Waals surface area contributed by atoms with Crippen molar-refractivity contribution >= 4 is 23.2 Å². The lowest BCUT2D eigenvalue weighted by molar-refractivity contribution is -0.118. The van der Waals surface area contributed by atoms with Gasteiger partial charge in [-0.25, -0.2) is 0 Å². The average Bonchev–Trinajstić information content (AvgIpc) is 2.56. The highest BCUT2D eigenvalue weighted by Gasteiger charge is 2.28. The summed E-state index contributed by atoms with van der Waals surface area (Å²) in [6.07, 6.45) is 1.26. The fourth-order valence-electron chi connectivity index (χ4n) is 2.90. The van der Waals surface area contributed by atoms with E-state index in [9.17, 15) is 4.79 Å². The summed E-state index contributed by atoms with van der Waals surface area (Å²) in [5.41, 5.74) is 3.01. The van der Waals surface area contributed by atoms with Crippen LogP contribution < -0.4 is 4.90 Å². The van der Waals surface area contributed by atoms with Crippen LogP contribution in [0.3, 0.4) is 0 Å². The van der Waals surface area contributed by atoms with E-state index in [4.69, 9.17) is 16.3 Å². The zero-order valence-electron chi connectivity index (χ0n) is 12.5. The van der Waals surface area contributed by atoms with Gasteiger partial charge < -0.3 is 9.64 Å². The van der Waals surface area contributed by atoms with Crippen LogP contribution in [0.25, 0.3) is 0 Å². The third-order valence-electron chi connectivity index (χ3n) is 4.04. The van der Waals surface area contributed by atoms with Crippen molar-refractivity contribution in [2.24, 2.45) is 0 Å². The van der Waals surface area contributed by atoms with Crippen molar-refractivity contribution in [3.8, 4) is 0 Å². The van der Waals surface area contributed by atoms with Gasteiger partial charge >= 0.3 is 0 Å². The number of fused-ring (bicyclic) bond motifs is 1. The first-order valence-electron chi connectivity index (χ1n) is 7.35. The fourth-order valence-corrected chi connectivity index (χ4v) is 3.03. The second kappa shape index (κ2) is 6.51. The Bertz CT molecular complexity index is 669. The maximum absolute atomic E-state index is 12.7. The van der Waals surface area contributed by atoms with E-state index in [0.29, 0.717) is 18.0 Å². The molecule has 2 aromatic carbocycles. The molecule has 0 aromatic heterocycles. The average molecular weight is 316 g/mol. The molecule has 2 aromatic rings. The van der Waals surface area contributed by atoms with Gasteiger partial charge in [0.2, 0.25) is 5.91 Å². The van der Waals surface area contributed by atoms with E-state index in [0.717, 1.165) is 23.2 Å². The molecule has 3 nitrogen and oxygen atoms in total. The Labute approximate surface area is 135 Å². The minimum Gasteiger partial charge on any atom is -0.377 e. The monoisotopic (exact) mass is 315 g/mol. The number of hydrogen-bond acceptors (Lipinski definition) is 2. The standard InChI is InChI=1S/C18H18ClNO2/c1-22-17-10-11-20(16-5-3-2-4-15(16)17)18(21)12-13-6-8-14(19)9-7-13/h2-9,17H,10-12H2,1H3. The van der Waals surface area contributed by atoms with E-state index in [-0.39, 0.29) is 12.0 Å². The van der Waals surface area contributed by atoms with Crippen LogP contribution in [0.2, 0.25) is 5.02 Å². The number of hydrogen-bond donors (Lipinski definition) is 0. The zero-order chi connectivity index (χ0) is 15.5. The van der Waals surface area contributed by atoms with Crippen LogP contribution in [-0.2, 0) is 16.0 Å². The molecule has 4 heteroatoms. The number of benzene rings is 2.